The number of benzene rings is 2. The number of rotatable bonds is 2. The zero-order chi connectivity index (χ0) is 16.5. The van der Waals surface area contributed by atoms with Gasteiger partial charge in [0.1, 0.15) is 5.69 Å². The van der Waals surface area contributed by atoms with Crippen molar-refractivity contribution < 1.29 is 9.51 Å². The predicted octanol–water partition coefficient (Wildman–Crippen LogP) is 2.95. The van der Waals surface area contributed by atoms with Crippen molar-refractivity contribution in [3.63, 3.8) is 0 Å². The molecular formula is C20H15N2O2+. The first-order valence-corrected chi connectivity index (χ1v) is 7.66. The van der Waals surface area contributed by atoms with Crippen LogP contribution in [0, 0.1) is 0 Å². The summed E-state index contributed by atoms with van der Waals surface area (Å²) in [6, 6.07) is 24.2. The van der Waals surface area contributed by atoms with Gasteiger partial charge in [0.05, 0.1) is 6.20 Å². The maximum atomic E-state index is 12.9. The second kappa shape index (κ2) is 5.66. The molecule has 4 rings (SSSR count). The van der Waals surface area contributed by atoms with Crippen LogP contribution in [0.5, 0.6) is 5.88 Å². The van der Waals surface area contributed by atoms with Gasteiger partial charge in [-0.2, -0.15) is 8.97 Å². The molecule has 0 aliphatic rings. The van der Waals surface area contributed by atoms with Gasteiger partial charge in [-0.3, -0.25) is 0 Å². The van der Waals surface area contributed by atoms with Gasteiger partial charge in [0.15, 0.2) is 5.56 Å². The monoisotopic (exact) mass is 315 g/mol. The first kappa shape index (κ1) is 14.2. The third-order valence-electron chi connectivity index (χ3n) is 4.01. The topological polar surface area (TPSA) is 46.3 Å². The zero-order valence-corrected chi connectivity index (χ0v) is 12.8. The molecule has 116 valence electrons. The lowest BCUT2D eigenvalue weighted by Gasteiger charge is -2.09. The summed E-state index contributed by atoms with van der Waals surface area (Å²) in [7, 11) is 0. The van der Waals surface area contributed by atoms with Gasteiger partial charge in [-0.25, -0.2) is 4.79 Å². The van der Waals surface area contributed by atoms with Crippen LogP contribution in [0.15, 0.2) is 89.9 Å². The molecule has 1 N–H and O–H groups in total. The van der Waals surface area contributed by atoms with E-state index in [0.717, 1.165) is 5.69 Å². The molecule has 0 fully saturated rings. The molecule has 0 aliphatic heterocycles. The lowest BCUT2D eigenvalue weighted by atomic mass is 10.1. The number of aromatic nitrogens is 2. The molecule has 4 heteroatoms. The van der Waals surface area contributed by atoms with Crippen molar-refractivity contribution in [3.05, 3.63) is 95.4 Å². The summed E-state index contributed by atoms with van der Waals surface area (Å²) in [5, 5.41) is 10.9. The molecule has 2 heterocycles. The summed E-state index contributed by atoms with van der Waals surface area (Å²) in [5.41, 5.74) is 2.11. The molecule has 0 amide bonds. The minimum atomic E-state index is -0.249. The zero-order valence-electron chi connectivity index (χ0n) is 12.8. The van der Waals surface area contributed by atoms with Crippen LogP contribution in [0.1, 0.15) is 0 Å². The summed E-state index contributed by atoms with van der Waals surface area (Å²) in [6.07, 6.45) is 1.71. The van der Waals surface area contributed by atoms with E-state index in [4.69, 9.17) is 0 Å². The molecule has 0 radical (unpaired) electrons. The summed E-state index contributed by atoms with van der Waals surface area (Å²) < 4.78 is 3.23. The summed E-state index contributed by atoms with van der Waals surface area (Å²) in [4.78, 5) is 12.9. The van der Waals surface area contributed by atoms with E-state index < -0.39 is 0 Å². The molecule has 0 spiro atoms. The van der Waals surface area contributed by atoms with E-state index in [-0.39, 0.29) is 17.0 Å². The van der Waals surface area contributed by atoms with Crippen LogP contribution in [-0.4, -0.2) is 9.67 Å². The normalized spacial score (nSPS) is 10.8. The Morgan fingerprint density at radius 1 is 0.792 bits per heavy atom. The molecule has 0 bridgehead atoms. The van der Waals surface area contributed by atoms with Crippen molar-refractivity contribution in [2.24, 2.45) is 0 Å². The Morgan fingerprint density at radius 3 is 2.12 bits per heavy atom. The number of aromatic hydroxyl groups is 1. The second-order valence-electron chi connectivity index (χ2n) is 5.47. The molecule has 0 atom stereocenters. The van der Waals surface area contributed by atoms with Gasteiger partial charge in [0.25, 0.3) is 5.65 Å². The number of para-hydroxylation sites is 1. The van der Waals surface area contributed by atoms with Crippen molar-refractivity contribution in [2.75, 3.05) is 0 Å². The van der Waals surface area contributed by atoms with E-state index in [2.05, 4.69) is 0 Å². The van der Waals surface area contributed by atoms with Gasteiger partial charge in [-0.1, -0.05) is 54.6 Å². The minimum absolute atomic E-state index is 0.0661. The van der Waals surface area contributed by atoms with E-state index in [1.165, 1.54) is 0 Å². The largest absolute Gasteiger partial charge is 0.477 e. The third-order valence-corrected chi connectivity index (χ3v) is 4.01. The predicted molar refractivity (Wildman–Crippen MR) is 92.3 cm³/mol. The molecule has 0 aliphatic carbocycles. The van der Waals surface area contributed by atoms with Crippen LogP contribution >= 0.6 is 0 Å². The van der Waals surface area contributed by atoms with E-state index >= 15 is 0 Å². The SMILES string of the molecule is O=c1c(-c2ccccc2)c(O)n(-c2ccccc2)c2cccc[n+]12. The van der Waals surface area contributed by atoms with Crippen LogP contribution < -0.4 is 9.96 Å². The number of pyridine rings is 1. The van der Waals surface area contributed by atoms with Crippen LogP contribution in [0.4, 0.5) is 0 Å². The average molecular weight is 315 g/mol. The van der Waals surface area contributed by atoms with Crippen LogP contribution in [0.3, 0.4) is 0 Å². The van der Waals surface area contributed by atoms with Gasteiger partial charge in [0.2, 0.25) is 0 Å². The van der Waals surface area contributed by atoms with Crippen LogP contribution in [0.25, 0.3) is 22.5 Å². The highest BCUT2D eigenvalue weighted by molar-refractivity contribution is 5.69. The molecule has 24 heavy (non-hydrogen) atoms. The standard InChI is InChI=1S/C20H14N2O2/c23-19-18(15-9-3-1-4-10-15)20(24)22(16-11-5-2-6-12-16)17-13-7-8-14-21(17)19/h1-14H/p+1. The smallest absolute Gasteiger partial charge is 0.354 e. The van der Waals surface area contributed by atoms with Gasteiger partial charge in [0, 0.05) is 6.07 Å². The van der Waals surface area contributed by atoms with Gasteiger partial charge in [-0.15, -0.1) is 0 Å². The third kappa shape index (κ3) is 2.16. The van der Waals surface area contributed by atoms with Crippen LogP contribution in [0.2, 0.25) is 0 Å². The Kier molecular flexibility index (Phi) is 3.35. The first-order valence-electron chi connectivity index (χ1n) is 7.66. The summed E-state index contributed by atoms with van der Waals surface area (Å²) >= 11 is 0. The van der Waals surface area contributed by atoms with E-state index in [1.54, 1.807) is 21.2 Å². The fraction of sp³-hybridized carbons (Fsp3) is 0. The highest BCUT2D eigenvalue weighted by Gasteiger charge is 2.25. The molecule has 0 saturated heterocycles. The lowest BCUT2D eigenvalue weighted by Crippen LogP contribution is -2.43. The Bertz CT molecular complexity index is 1070. The average Bonchev–Trinajstić information content (AvgIpc) is 2.64. The molecular weight excluding hydrogens is 300 g/mol. The van der Waals surface area contributed by atoms with Crippen molar-refractivity contribution in [1.29, 1.82) is 0 Å². The van der Waals surface area contributed by atoms with Gasteiger partial charge in [-0.05, 0) is 23.8 Å². The molecule has 4 aromatic rings. The van der Waals surface area contributed by atoms with E-state index in [1.807, 2.05) is 72.8 Å². The number of hydrogen-bond donors (Lipinski definition) is 1. The Hall–Kier alpha value is -3.40. The van der Waals surface area contributed by atoms with Crippen molar-refractivity contribution >= 4 is 5.65 Å². The number of nitrogens with zero attached hydrogens (tertiary/aromatic N) is 2. The molecule has 0 unspecified atom stereocenters. The van der Waals surface area contributed by atoms with Crippen LogP contribution in [-0.2, 0) is 0 Å². The fourth-order valence-corrected chi connectivity index (χ4v) is 2.91. The molecule has 0 saturated carbocycles. The molecule has 2 aromatic carbocycles. The highest BCUT2D eigenvalue weighted by atomic mass is 16.3. The van der Waals surface area contributed by atoms with Gasteiger partial charge < -0.3 is 5.11 Å². The molecule has 2 aromatic heterocycles. The minimum Gasteiger partial charge on any atom is -0.477 e. The van der Waals surface area contributed by atoms with Crippen molar-refractivity contribution in [1.82, 2.24) is 4.57 Å². The van der Waals surface area contributed by atoms with Gasteiger partial charge >= 0.3 is 11.4 Å². The van der Waals surface area contributed by atoms with Crippen molar-refractivity contribution in [2.45, 2.75) is 0 Å². The molecule has 4 nitrogen and oxygen atoms in total. The number of hydrogen-bond acceptors (Lipinski definition) is 2. The summed E-state index contributed by atoms with van der Waals surface area (Å²) in [5.74, 6) is -0.0661. The first-order chi connectivity index (χ1) is 11.8. The lowest BCUT2D eigenvalue weighted by molar-refractivity contribution is -0.531. The highest BCUT2D eigenvalue weighted by Crippen LogP contribution is 2.28. The Balaban J connectivity index is 2.18. The quantitative estimate of drug-likeness (QED) is 0.578. The second-order valence-corrected chi connectivity index (χ2v) is 5.47. The number of fused-ring (bicyclic) bond motifs is 1. The van der Waals surface area contributed by atoms with E-state index in [9.17, 15) is 9.90 Å². The Labute approximate surface area is 138 Å². The maximum Gasteiger partial charge on any atom is 0.354 e. The fourth-order valence-electron chi connectivity index (χ4n) is 2.91. The Morgan fingerprint density at radius 2 is 1.42 bits per heavy atom. The van der Waals surface area contributed by atoms with E-state index in [0.29, 0.717) is 11.2 Å². The van der Waals surface area contributed by atoms with Crippen molar-refractivity contribution in [3.8, 4) is 22.7 Å². The summed E-state index contributed by atoms with van der Waals surface area (Å²) in [6.45, 7) is 0. The maximum absolute atomic E-state index is 12.9.